The topological polar surface area (TPSA) is 38.3 Å². The molecule has 0 unspecified atom stereocenters. The van der Waals surface area contributed by atoms with Crippen molar-refractivity contribution in [3.05, 3.63) is 0 Å². The van der Waals surface area contributed by atoms with E-state index >= 15 is 0 Å². The summed E-state index contributed by atoms with van der Waals surface area (Å²) in [5.41, 5.74) is 0. The lowest BCUT2D eigenvalue weighted by atomic mass is 10.0. The van der Waals surface area contributed by atoms with E-state index in [2.05, 4.69) is 12.2 Å². The van der Waals surface area contributed by atoms with Crippen LogP contribution in [-0.4, -0.2) is 18.7 Å². The normalized spacial score (nSPS) is 19.8. The molecule has 0 bridgehead atoms. The highest BCUT2D eigenvalue weighted by atomic mass is 16.5. The average Bonchev–Trinajstić information content (AvgIpc) is 2.55. The molecule has 3 heteroatoms. The third-order valence-corrected chi connectivity index (χ3v) is 2.73. The highest BCUT2D eigenvalue weighted by Gasteiger charge is 2.22. The van der Waals surface area contributed by atoms with Crippen LogP contribution in [0.3, 0.4) is 0 Å². The Morgan fingerprint density at radius 3 is 2.69 bits per heavy atom. The van der Waals surface area contributed by atoms with Crippen LogP contribution < -0.4 is 5.32 Å². The minimum atomic E-state index is -0.276. The summed E-state index contributed by atoms with van der Waals surface area (Å²) in [4.78, 5) is 11.1. The first kappa shape index (κ1) is 10.4. The lowest BCUT2D eigenvalue weighted by Crippen LogP contribution is -2.37. The second-order valence-electron chi connectivity index (χ2n) is 3.70. The molecule has 0 aromatic rings. The minimum absolute atomic E-state index is 0.265. The van der Waals surface area contributed by atoms with Gasteiger partial charge in [0, 0.05) is 6.04 Å². The summed E-state index contributed by atoms with van der Waals surface area (Å²) >= 11 is 0. The number of amides is 1. The maximum atomic E-state index is 11.1. The molecule has 76 valence electrons. The molecule has 0 aliphatic heterocycles. The number of ether oxygens (including phenoxy) is 1. The summed E-state index contributed by atoms with van der Waals surface area (Å²) < 4.78 is 4.82. The van der Waals surface area contributed by atoms with Crippen molar-refractivity contribution in [2.45, 2.75) is 45.6 Å². The zero-order valence-electron chi connectivity index (χ0n) is 8.51. The summed E-state index contributed by atoms with van der Waals surface area (Å²) in [7, 11) is 0. The van der Waals surface area contributed by atoms with Crippen LogP contribution >= 0.6 is 0 Å². The lowest BCUT2D eigenvalue weighted by Gasteiger charge is -2.19. The molecule has 0 radical (unpaired) electrons. The number of rotatable bonds is 3. The Morgan fingerprint density at radius 2 is 2.15 bits per heavy atom. The summed E-state index contributed by atoms with van der Waals surface area (Å²) in [6.07, 6.45) is 4.82. The molecule has 1 aliphatic rings. The minimum Gasteiger partial charge on any atom is -0.450 e. The zero-order chi connectivity index (χ0) is 9.68. The average molecular weight is 185 g/mol. The Labute approximate surface area is 79.8 Å². The van der Waals surface area contributed by atoms with E-state index in [1.165, 1.54) is 25.7 Å². The molecule has 1 amide bonds. The van der Waals surface area contributed by atoms with Gasteiger partial charge >= 0.3 is 6.09 Å². The fourth-order valence-corrected chi connectivity index (χ4v) is 1.93. The molecule has 1 fully saturated rings. The van der Waals surface area contributed by atoms with Crippen LogP contribution in [0.5, 0.6) is 0 Å². The molecule has 3 nitrogen and oxygen atoms in total. The number of alkyl carbamates (subject to hydrolysis) is 1. The predicted molar refractivity (Wildman–Crippen MR) is 51.6 cm³/mol. The van der Waals surface area contributed by atoms with Gasteiger partial charge in [-0.25, -0.2) is 4.79 Å². The Kier molecular flexibility index (Phi) is 4.06. The SMILES string of the molecule is CCOC(=O)N[C@@H](C)C1CCCC1. The zero-order valence-corrected chi connectivity index (χ0v) is 8.51. The van der Waals surface area contributed by atoms with Crippen LogP contribution in [0.4, 0.5) is 4.79 Å². The van der Waals surface area contributed by atoms with Gasteiger partial charge in [0.1, 0.15) is 0 Å². The standard InChI is InChI=1S/C10H19NO2/c1-3-13-10(12)11-8(2)9-6-4-5-7-9/h8-9H,3-7H2,1-2H3,(H,11,12)/t8-/m0/s1. The van der Waals surface area contributed by atoms with Gasteiger partial charge in [-0.3, -0.25) is 0 Å². The number of nitrogens with one attached hydrogen (secondary N) is 1. The monoisotopic (exact) mass is 185 g/mol. The van der Waals surface area contributed by atoms with Crippen molar-refractivity contribution < 1.29 is 9.53 Å². The van der Waals surface area contributed by atoms with Gasteiger partial charge in [0.05, 0.1) is 6.61 Å². The molecule has 0 heterocycles. The Balaban J connectivity index is 2.22. The van der Waals surface area contributed by atoms with Crippen LogP contribution in [0, 0.1) is 5.92 Å². The van der Waals surface area contributed by atoms with Gasteiger partial charge < -0.3 is 10.1 Å². The molecule has 1 rings (SSSR count). The van der Waals surface area contributed by atoms with Gasteiger partial charge in [-0.2, -0.15) is 0 Å². The third-order valence-electron chi connectivity index (χ3n) is 2.73. The maximum Gasteiger partial charge on any atom is 0.407 e. The molecule has 1 atom stereocenters. The molecular formula is C10H19NO2. The fraction of sp³-hybridized carbons (Fsp3) is 0.900. The van der Waals surface area contributed by atoms with Crippen molar-refractivity contribution in [3.63, 3.8) is 0 Å². The summed E-state index contributed by atoms with van der Waals surface area (Å²) in [5.74, 6) is 0.657. The molecule has 0 aromatic heterocycles. The molecule has 1 saturated carbocycles. The van der Waals surface area contributed by atoms with Crippen LogP contribution in [0.1, 0.15) is 39.5 Å². The van der Waals surface area contributed by atoms with Crippen LogP contribution in [0.2, 0.25) is 0 Å². The first-order valence-corrected chi connectivity index (χ1v) is 5.17. The summed E-state index contributed by atoms with van der Waals surface area (Å²) in [6.45, 7) is 4.33. The number of carbonyl (C=O) groups is 1. The lowest BCUT2D eigenvalue weighted by molar-refractivity contribution is 0.145. The number of hydrogen-bond acceptors (Lipinski definition) is 2. The summed E-state index contributed by atoms with van der Waals surface area (Å²) in [6, 6.07) is 0.265. The van der Waals surface area contributed by atoms with E-state index in [-0.39, 0.29) is 12.1 Å². The predicted octanol–water partition coefficient (Wildman–Crippen LogP) is 2.31. The van der Waals surface area contributed by atoms with Crippen molar-refractivity contribution in [3.8, 4) is 0 Å². The first-order chi connectivity index (χ1) is 6.24. The number of hydrogen-bond donors (Lipinski definition) is 1. The largest absolute Gasteiger partial charge is 0.450 e. The van der Waals surface area contributed by atoms with E-state index < -0.39 is 0 Å². The van der Waals surface area contributed by atoms with Crippen LogP contribution in [-0.2, 0) is 4.74 Å². The molecule has 0 aromatic carbocycles. The highest BCUT2D eigenvalue weighted by molar-refractivity contribution is 5.67. The Bertz CT molecular complexity index is 164. The molecule has 0 spiro atoms. The second kappa shape index (κ2) is 5.10. The van der Waals surface area contributed by atoms with Gasteiger partial charge in [0.15, 0.2) is 0 Å². The van der Waals surface area contributed by atoms with Gasteiger partial charge in [-0.05, 0) is 32.6 Å². The summed E-state index contributed by atoms with van der Waals surface area (Å²) in [5, 5.41) is 2.86. The Morgan fingerprint density at radius 1 is 1.54 bits per heavy atom. The highest BCUT2D eigenvalue weighted by Crippen LogP contribution is 2.27. The van der Waals surface area contributed by atoms with Crippen molar-refractivity contribution in [1.82, 2.24) is 5.32 Å². The van der Waals surface area contributed by atoms with Crippen LogP contribution in [0.25, 0.3) is 0 Å². The van der Waals surface area contributed by atoms with Crippen molar-refractivity contribution >= 4 is 6.09 Å². The first-order valence-electron chi connectivity index (χ1n) is 5.17. The van der Waals surface area contributed by atoms with E-state index in [0.29, 0.717) is 12.5 Å². The Hall–Kier alpha value is -0.730. The van der Waals surface area contributed by atoms with E-state index in [1.807, 2.05) is 6.92 Å². The van der Waals surface area contributed by atoms with Crippen molar-refractivity contribution in [1.29, 1.82) is 0 Å². The van der Waals surface area contributed by atoms with E-state index in [1.54, 1.807) is 0 Å². The maximum absolute atomic E-state index is 11.1. The molecule has 13 heavy (non-hydrogen) atoms. The van der Waals surface area contributed by atoms with Crippen LogP contribution in [0.15, 0.2) is 0 Å². The van der Waals surface area contributed by atoms with Gasteiger partial charge in [-0.1, -0.05) is 12.8 Å². The fourth-order valence-electron chi connectivity index (χ4n) is 1.93. The third kappa shape index (κ3) is 3.25. The van der Waals surface area contributed by atoms with Gasteiger partial charge in [0.25, 0.3) is 0 Å². The van der Waals surface area contributed by atoms with Gasteiger partial charge in [-0.15, -0.1) is 0 Å². The smallest absolute Gasteiger partial charge is 0.407 e. The quantitative estimate of drug-likeness (QED) is 0.732. The molecule has 1 aliphatic carbocycles. The van der Waals surface area contributed by atoms with Gasteiger partial charge in [0.2, 0.25) is 0 Å². The van der Waals surface area contributed by atoms with E-state index in [9.17, 15) is 4.79 Å². The second-order valence-corrected chi connectivity index (χ2v) is 3.70. The van der Waals surface area contributed by atoms with E-state index in [0.717, 1.165) is 0 Å². The number of carbonyl (C=O) groups excluding carboxylic acids is 1. The van der Waals surface area contributed by atoms with E-state index in [4.69, 9.17) is 4.74 Å². The molecule has 1 N–H and O–H groups in total. The molecular weight excluding hydrogens is 166 g/mol. The van der Waals surface area contributed by atoms with Crippen molar-refractivity contribution in [2.75, 3.05) is 6.61 Å². The molecule has 0 saturated heterocycles. The van der Waals surface area contributed by atoms with Crippen molar-refractivity contribution in [2.24, 2.45) is 5.92 Å².